The minimum Gasteiger partial charge on any atom is -0.359 e. The highest BCUT2D eigenvalue weighted by Gasteiger charge is 2.24. The van der Waals surface area contributed by atoms with Gasteiger partial charge >= 0.3 is 0 Å². The van der Waals surface area contributed by atoms with Gasteiger partial charge in [-0.15, -0.1) is 22.7 Å². The van der Waals surface area contributed by atoms with E-state index in [1.54, 1.807) is 34.7 Å². The van der Waals surface area contributed by atoms with Crippen LogP contribution in [0.2, 0.25) is 0 Å². The second-order valence-electron chi connectivity index (χ2n) is 7.35. The van der Waals surface area contributed by atoms with Gasteiger partial charge in [-0.3, -0.25) is 14.2 Å². The molecule has 0 saturated carbocycles. The highest BCUT2D eigenvalue weighted by atomic mass is 32.2. The van der Waals surface area contributed by atoms with Gasteiger partial charge in [0.25, 0.3) is 5.56 Å². The molecule has 0 spiro atoms. The first-order valence-electron chi connectivity index (χ1n) is 9.81. The zero-order chi connectivity index (χ0) is 20.5. The lowest BCUT2D eigenvalue weighted by Gasteiger charge is -2.17. The Morgan fingerprint density at radius 1 is 1.41 bits per heavy atom. The van der Waals surface area contributed by atoms with Crippen molar-refractivity contribution in [3.05, 3.63) is 36.9 Å². The van der Waals surface area contributed by atoms with Gasteiger partial charge in [0.15, 0.2) is 5.16 Å². The van der Waals surface area contributed by atoms with Crippen LogP contribution in [0.25, 0.3) is 10.2 Å². The minimum absolute atomic E-state index is 0.0403. The van der Waals surface area contributed by atoms with Crippen molar-refractivity contribution in [2.45, 2.75) is 57.0 Å². The van der Waals surface area contributed by atoms with Crippen molar-refractivity contribution in [1.82, 2.24) is 19.9 Å². The molecule has 0 fully saturated rings. The number of amides is 1. The maximum absolute atomic E-state index is 13.2. The highest BCUT2D eigenvalue weighted by Crippen LogP contribution is 2.36. The third-order valence-corrected chi connectivity index (χ3v) is 8.29. The van der Waals surface area contributed by atoms with Crippen molar-refractivity contribution in [2.24, 2.45) is 5.92 Å². The number of thioether (sulfide) groups is 1. The molecule has 0 radical (unpaired) electrons. The fourth-order valence-corrected chi connectivity index (χ4v) is 6.93. The van der Waals surface area contributed by atoms with Gasteiger partial charge in [-0.1, -0.05) is 18.7 Å². The first-order chi connectivity index (χ1) is 14.0. The molecule has 1 amide bonds. The van der Waals surface area contributed by atoms with Crippen LogP contribution in [-0.4, -0.2) is 27.5 Å². The van der Waals surface area contributed by atoms with E-state index in [-0.39, 0.29) is 11.5 Å². The largest absolute Gasteiger partial charge is 0.359 e. The van der Waals surface area contributed by atoms with Crippen molar-refractivity contribution in [1.29, 1.82) is 0 Å². The fourth-order valence-electron chi connectivity index (χ4n) is 3.65. The van der Waals surface area contributed by atoms with E-state index in [2.05, 4.69) is 17.2 Å². The summed E-state index contributed by atoms with van der Waals surface area (Å²) in [6.07, 6.45) is 3.48. The predicted octanol–water partition coefficient (Wildman–Crippen LogP) is 3.64. The molecule has 6 nitrogen and oxygen atoms in total. The van der Waals surface area contributed by atoms with Crippen molar-refractivity contribution >= 4 is 50.6 Å². The SMILES string of the molecule is CCn1c(SCc2csc(CC(=O)NC)n2)nc2sc3c(c2c1=O)CC[C@@H](C)C3. The van der Waals surface area contributed by atoms with E-state index in [1.165, 1.54) is 21.8 Å². The molecule has 3 aromatic rings. The number of thiophene rings is 1. The zero-order valence-electron chi connectivity index (χ0n) is 16.8. The van der Waals surface area contributed by atoms with Crippen LogP contribution in [0.4, 0.5) is 0 Å². The lowest BCUT2D eigenvalue weighted by Crippen LogP contribution is -2.23. The maximum atomic E-state index is 13.2. The molecule has 9 heteroatoms. The monoisotopic (exact) mass is 448 g/mol. The van der Waals surface area contributed by atoms with Crippen LogP contribution in [0.15, 0.2) is 15.3 Å². The van der Waals surface area contributed by atoms with Gasteiger partial charge in [0.1, 0.15) is 9.84 Å². The van der Waals surface area contributed by atoms with Gasteiger partial charge in [0.2, 0.25) is 5.91 Å². The first-order valence-corrected chi connectivity index (χ1v) is 12.5. The number of hydrogen-bond donors (Lipinski definition) is 1. The molecule has 1 aliphatic carbocycles. The zero-order valence-corrected chi connectivity index (χ0v) is 19.2. The molecule has 0 aromatic carbocycles. The fraction of sp³-hybridized carbons (Fsp3) is 0.500. The van der Waals surface area contributed by atoms with Gasteiger partial charge in [0.05, 0.1) is 17.5 Å². The predicted molar refractivity (Wildman–Crippen MR) is 120 cm³/mol. The molecule has 4 rings (SSSR count). The number of likely N-dealkylation sites (N-methyl/N-ethyl adjacent to an activating group) is 1. The number of rotatable bonds is 6. The van der Waals surface area contributed by atoms with Crippen LogP contribution in [0.3, 0.4) is 0 Å². The Morgan fingerprint density at radius 2 is 2.24 bits per heavy atom. The van der Waals surface area contributed by atoms with Gasteiger partial charge < -0.3 is 5.32 Å². The molecule has 1 atom stereocenters. The minimum atomic E-state index is -0.0403. The normalized spacial score (nSPS) is 16.2. The number of nitrogens with one attached hydrogen (secondary N) is 1. The summed E-state index contributed by atoms with van der Waals surface area (Å²) in [7, 11) is 1.63. The lowest BCUT2D eigenvalue weighted by molar-refractivity contribution is -0.119. The summed E-state index contributed by atoms with van der Waals surface area (Å²) in [6.45, 7) is 4.87. The average molecular weight is 449 g/mol. The topological polar surface area (TPSA) is 76.9 Å². The number of carbonyl (C=O) groups is 1. The van der Waals surface area contributed by atoms with E-state index < -0.39 is 0 Å². The number of aromatic nitrogens is 3. The van der Waals surface area contributed by atoms with E-state index in [4.69, 9.17) is 4.98 Å². The second kappa shape index (κ2) is 8.57. The summed E-state index contributed by atoms with van der Waals surface area (Å²) in [5.74, 6) is 1.26. The molecular weight excluding hydrogens is 424 g/mol. The molecule has 0 bridgehead atoms. The Hall–Kier alpha value is -1.71. The van der Waals surface area contributed by atoms with E-state index in [9.17, 15) is 9.59 Å². The van der Waals surface area contributed by atoms with Gasteiger partial charge in [-0.2, -0.15) is 0 Å². The first kappa shape index (κ1) is 20.6. The quantitative estimate of drug-likeness (QED) is 0.460. The third-order valence-electron chi connectivity index (χ3n) is 5.24. The van der Waals surface area contributed by atoms with Crippen molar-refractivity contribution in [2.75, 3.05) is 7.05 Å². The van der Waals surface area contributed by atoms with Gasteiger partial charge in [-0.25, -0.2) is 9.97 Å². The number of nitrogens with zero attached hydrogens (tertiary/aromatic N) is 3. The maximum Gasteiger partial charge on any atom is 0.263 e. The third kappa shape index (κ3) is 4.13. The van der Waals surface area contributed by atoms with E-state index in [0.717, 1.165) is 45.3 Å². The van der Waals surface area contributed by atoms with Crippen LogP contribution in [0, 0.1) is 5.92 Å². The molecule has 3 aromatic heterocycles. The number of aryl methyl sites for hydroxylation is 1. The Kier molecular flexibility index (Phi) is 6.08. The molecular formula is C20H24N4O2S3. The Bertz CT molecular complexity index is 1120. The summed E-state index contributed by atoms with van der Waals surface area (Å²) in [4.78, 5) is 36.4. The highest BCUT2D eigenvalue weighted by molar-refractivity contribution is 7.98. The van der Waals surface area contributed by atoms with Crippen molar-refractivity contribution < 1.29 is 4.79 Å². The smallest absolute Gasteiger partial charge is 0.263 e. The standard InChI is InChI=1S/C20H24N4O2S3/c1-4-24-19(26)17-13-6-5-11(2)7-14(13)29-18(17)23-20(24)28-10-12-9-27-16(22-12)8-15(25)21-3/h9,11H,4-8,10H2,1-3H3,(H,21,25)/t11-/m1/s1. The van der Waals surface area contributed by atoms with Crippen LogP contribution < -0.4 is 10.9 Å². The number of thiazole rings is 1. The van der Waals surface area contributed by atoms with Crippen LogP contribution in [0.5, 0.6) is 0 Å². The van der Waals surface area contributed by atoms with Gasteiger partial charge in [-0.05, 0) is 37.7 Å². The van der Waals surface area contributed by atoms with Crippen LogP contribution >= 0.6 is 34.4 Å². The summed E-state index contributed by atoms with van der Waals surface area (Å²) in [5.41, 5.74) is 2.23. The summed E-state index contributed by atoms with van der Waals surface area (Å²) < 4.78 is 1.79. The summed E-state index contributed by atoms with van der Waals surface area (Å²) in [5, 5.41) is 6.98. The van der Waals surface area contributed by atoms with Gasteiger partial charge in [0, 0.05) is 29.6 Å². The second-order valence-corrected chi connectivity index (χ2v) is 10.3. The van der Waals surface area contributed by atoms with Crippen molar-refractivity contribution in [3.63, 3.8) is 0 Å². The molecule has 0 unspecified atom stereocenters. The molecule has 29 heavy (non-hydrogen) atoms. The van der Waals surface area contributed by atoms with E-state index in [0.29, 0.717) is 24.6 Å². The van der Waals surface area contributed by atoms with E-state index >= 15 is 0 Å². The molecule has 0 aliphatic heterocycles. The Labute approximate surface area is 181 Å². The molecule has 154 valence electrons. The molecule has 1 aliphatic rings. The van der Waals surface area contributed by atoms with Crippen LogP contribution in [0.1, 0.15) is 41.4 Å². The molecule has 3 heterocycles. The number of hydrogen-bond acceptors (Lipinski definition) is 7. The number of carbonyl (C=O) groups excluding carboxylic acids is 1. The lowest BCUT2D eigenvalue weighted by atomic mass is 9.89. The molecule has 0 saturated heterocycles. The van der Waals surface area contributed by atoms with Crippen molar-refractivity contribution in [3.8, 4) is 0 Å². The summed E-state index contributed by atoms with van der Waals surface area (Å²) >= 11 is 4.72. The average Bonchev–Trinajstić information content (AvgIpc) is 3.29. The molecule has 1 N–H and O–H groups in total. The van der Waals surface area contributed by atoms with Crippen LogP contribution in [-0.2, 0) is 36.4 Å². The van der Waals surface area contributed by atoms with E-state index in [1.807, 2.05) is 12.3 Å². The summed E-state index contributed by atoms with van der Waals surface area (Å²) in [6, 6.07) is 0. The number of fused-ring (bicyclic) bond motifs is 3. The Morgan fingerprint density at radius 3 is 3.00 bits per heavy atom. The Balaban J connectivity index is 1.61.